The lowest BCUT2D eigenvalue weighted by molar-refractivity contribution is 0.113. The molecule has 1 aromatic heterocycles. The second-order valence-corrected chi connectivity index (χ2v) is 2.19. The van der Waals surface area contributed by atoms with Gasteiger partial charge in [-0.25, -0.2) is 0 Å². The topological polar surface area (TPSA) is 59.7 Å². The van der Waals surface area contributed by atoms with E-state index in [1.807, 2.05) is 6.92 Å². The van der Waals surface area contributed by atoms with Gasteiger partial charge in [0.25, 0.3) is 0 Å². The Morgan fingerprint density at radius 1 is 1.67 bits per heavy atom. The van der Waals surface area contributed by atoms with Gasteiger partial charge in [-0.1, -0.05) is 0 Å². The van der Waals surface area contributed by atoms with Crippen molar-refractivity contribution in [3.63, 3.8) is 0 Å². The van der Waals surface area contributed by atoms with E-state index in [9.17, 15) is 4.79 Å². The largest absolute Gasteiger partial charge is 0.502 e. The van der Waals surface area contributed by atoms with Crippen molar-refractivity contribution in [2.45, 2.75) is 13.5 Å². The van der Waals surface area contributed by atoms with Gasteiger partial charge in [0.05, 0.1) is 6.26 Å². The van der Waals surface area contributed by atoms with Crippen LogP contribution >= 0.6 is 0 Å². The summed E-state index contributed by atoms with van der Waals surface area (Å²) in [6, 6.07) is 1.16. The van der Waals surface area contributed by atoms with Crippen LogP contribution in [-0.2, 0) is 11.3 Å². The summed E-state index contributed by atoms with van der Waals surface area (Å²) in [5.41, 5.74) is -0.448. The first-order valence-corrected chi connectivity index (χ1v) is 3.63. The molecule has 0 saturated carbocycles. The van der Waals surface area contributed by atoms with Gasteiger partial charge in [-0.2, -0.15) is 0 Å². The molecule has 0 aliphatic carbocycles. The van der Waals surface area contributed by atoms with Gasteiger partial charge < -0.3 is 14.3 Å². The van der Waals surface area contributed by atoms with E-state index in [2.05, 4.69) is 0 Å². The third kappa shape index (κ3) is 1.85. The van der Waals surface area contributed by atoms with Crippen LogP contribution in [0.3, 0.4) is 0 Å². The molecule has 4 nitrogen and oxygen atoms in total. The highest BCUT2D eigenvalue weighted by molar-refractivity contribution is 5.21. The van der Waals surface area contributed by atoms with Crippen LogP contribution in [0.5, 0.6) is 5.75 Å². The van der Waals surface area contributed by atoms with E-state index in [1.165, 1.54) is 6.26 Å². The zero-order valence-electron chi connectivity index (χ0n) is 6.74. The average molecular weight is 170 g/mol. The Bertz CT molecular complexity index is 302. The van der Waals surface area contributed by atoms with Crippen LogP contribution in [0.1, 0.15) is 12.7 Å². The minimum absolute atomic E-state index is 0.123. The molecule has 0 aliphatic heterocycles. The van der Waals surface area contributed by atoms with Crippen LogP contribution in [0.2, 0.25) is 0 Å². The molecule has 1 rings (SSSR count). The Kier molecular flexibility index (Phi) is 2.88. The molecule has 0 unspecified atom stereocenters. The predicted molar refractivity (Wildman–Crippen MR) is 42.0 cm³/mol. The third-order valence-electron chi connectivity index (χ3n) is 1.36. The Morgan fingerprint density at radius 2 is 2.42 bits per heavy atom. The highest BCUT2D eigenvalue weighted by Crippen LogP contribution is 2.10. The third-order valence-corrected chi connectivity index (χ3v) is 1.36. The summed E-state index contributed by atoms with van der Waals surface area (Å²) in [6.07, 6.45) is 1.23. The molecule has 0 fully saturated rings. The van der Waals surface area contributed by atoms with Gasteiger partial charge in [-0.15, -0.1) is 0 Å². The minimum atomic E-state index is -0.448. The summed E-state index contributed by atoms with van der Waals surface area (Å²) in [5, 5.41) is 9.14. The SMILES string of the molecule is CCOCc1occc(=O)c1O. The first-order valence-electron chi connectivity index (χ1n) is 3.63. The molecule has 0 amide bonds. The first-order chi connectivity index (χ1) is 5.75. The molecule has 0 bridgehead atoms. The van der Waals surface area contributed by atoms with Gasteiger partial charge in [-0.3, -0.25) is 4.79 Å². The van der Waals surface area contributed by atoms with E-state index in [0.29, 0.717) is 6.61 Å². The Balaban J connectivity index is 2.85. The first kappa shape index (κ1) is 8.80. The predicted octanol–water partition coefficient (Wildman–Crippen LogP) is 0.882. The smallest absolute Gasteiger partial charge is 0.226 e. The van der Waals surface area contributed by atoms with Crippen molar-refractivity contribution in [1.82, 2.24) is 0 Å². The number of hydrogen-bond acceptors (Lipinski definition) is 4. The second kappa shape index (κ2) is 3.92. The summed E-state index contributed by atoms with van der Waals surface area (Å²) in [6.45, 7) is 2.45. The van der Waals surface area contributed by atoms with Crippen LogP contribution in [-0.4, -0.2) is 11.7 Å². The minimum Gasteiger partial charge on any atom is -0.502 e. The van der Waals surface area contributed by atoms with E-state index in [4.69, 9.17) is 14.3 Å². The van der Waals surface area contributed by atoms with Crippen molar-refractivity contribution in [2.24, 2.45) is 0 Å². The zero-order valence-corrected chi connectivity index (χ0v) is 6.74. The average Bonchev–Trinajstić information content (AvgIpc) is 2.08. The van der Waals surface area contributed by atoms with Crippen molar-refractivity contribution in [3.05, 3.63) is 28.3 Å². The lowest BCUT2D eigenvalue weighted by Gasteiger charge is -2.00. The van der Waals surface area contributed by atoms with E-state index in [1.54, 1.807) is 0 Å². The molecule has 1 aromatic rings. The number of rotatable bonds is 3. The molecule has 12 heavy (non-hydrogen) atoms. The molecule has 0 aromatic carbocycles. The summed E-state index contributed by atoms with van der Waals surface area (Å²) in [7, 11) is 0. The molecule has 0 aliphatic rings. The number of ether oxygens (including phenoxy) is 1. The van der Waals surface area contributed by atoms with Crippen LogP contribution in [0.15, 0.2) is 21.5 Å². The fourth-order valence-electron chi connectivity index (χ4n) is 0.747. The van der Waals surface area contributed by atoms with Crippen LogP contribution in [0.25, 0.3) is 0 Å². The molecule has 0 saturated heterocycles. The molecule has 66 valence electrons. The highest BCUT2D eigenvalue weighted by Gasteiger charge is 2.05. The molecule has 4 heteroatoms. The quantitative estimate of drug-likeness (QED) is 0.731. The number of aromatic hydroxyl groups is 1. The van der Waals surface area contributed by atoms with Crippen molar-refractivity contribution in [1.29, 1.82) is 0 Å². The van der Waals surface area contributed by atoms with Crippen LogP contribution in [0, 0.1) is 0 Å². The van der Waals surface area contributed by atoms with E-state index in [-0.39, 0.29) is 18.1 Å². The fraction of sp³-hybridized carbons (Fsp3) is 0.375. The molecule has 0 radical (unpaired) electrons. The molecule has 1 N–H and O–H groups in total. The second-order valence-electron chi connectivity index (χ2n) is 2.19. The summed E-state index contributed by atoms with van der Waals surface area (Å²) in [5.74, 6) is -0.199. The normalized spacial score (nSPS) is 10.1. The highest BCUT2D eigenvalue weighted by atomic mass is 16.5. The van der Waals surface area contributed by atoms with Crippen molar-refractivity contribution >= 4 is 0 Å². The Morgan fingerprint density at radius 3 is 3.08 bits per heavy atom. The Labute approximate surface area is 69.4 Å². The Hall–Kier alpha value is -1.29. The van der Waals surface area contributed by atoms with Gasteiger partial charge >= 0.3 is 0 Å². The van der Waals surface area contributed by atoms with E-state index in [0.717, 1.165) is 6.07 Å². The monoisotopic (exact) mass is 170 g/mol. The molecule has 0 atom stereocenters. The lowest BCUT2D eigenvalue weighted by Crippen LogP contribution is -2.02. The number of hydrogen-bond donors (Lipinski definition) is 1. The molecular weight excluding hydrogens is 160 g/mol. The maximum atomic E-state index is 10.8. The van der Waals surface area contributed by atoms with Crippen molar-refractivity contribution in [3.8, 4) is 5.75 Å². The molecular formula is C8H10O4. The lowest BCUT2D eigenvalue weighted by atomic mass is 10.3. The zero-order chi connectivity index (χ0) is 8.97. The van der Waals surface area contributed by atoms with Crippen LogP contribution < -0.4 is 5.43 Å². The molecule has 1 heterocycles. The van der Waals surface area contributed by atoms with Gasteiger partial charge in [0.15, 0.2) is 5.76 Å². The van der Waals surface area contributed by atoms with Gasteiger partial charge in [-0.05, 0) is 6.92 Å². The fourth-order valence-corrected chi connectivity index (χ4v) is 0.747. The maximum Gasteiger partial charge on any atom is 0.226 e. The van der Waals surface area contributed by atoms with Gasteiger partial charge in [0.2, 0.25) is 11.2 Å². The summed E-state index contributed by atoms with van der Waals surface area (Å²) in [4.78, 5) is 10.8. The van der Waals surface area contributed by atoms with Crippen molar-refractivity contribution in [2.75, 3.05) is 6.61 Å². The van der Waals surface area contributed by atoms with E-state index >= 15 is 0 Å². The molecule has 0 spiro atoms. The summed E-state index contributed by atoms with van der Waals surface area (Å²) >= 11 is 0. The van der Waals surface area contributed by atoms with Gasteiger partial charge in [0, 0.05) is 12.7 Å². The maximum absolute atomic E-state index is 10.8. The summed E-state index contributed by atoms with van der Waals surface area (Å²) < 4.78 is 9.83. The van der Waals surface area contributed by atoms with Crippen molar-refractivity contribution < 1.29 is 14.3 Å². The van der Waals surface area contributed by atoms with E-state index < -0.39 is 5.43 Å². The van der Waals surface area contributed by atoms with Crippen LogP contribution in [0.4, 0.5) is 0 Å². The standard InChI is InChI=1S/C8H10O4/c1-2-11-5-7-8(10)6(9)3-4-12-7/h3-4,10H,2,5H2,1H3. The van der Waals surface area contributed by atoms with Gasteiger partial charge in [0.1, 0.15) is 6.61 Å².